The van der Waals surface area contributed by atoms with E-state index in [1.54, 1.807) is 11.3 Å². The molecule has 0 fully saturated rings. The Hall–Kier alpha value is -0.0300. The van der Waals surface area contributed by atoms with E-state index in [0.29, 0.717) is 11.3 Å². The number of rotatable bonds is 6. The average molecular weight is 230 g/mol. The molecule has 0 bridgehead atoms. The van der Waals surface area contributed by atoms with E-state index in [0.717, 1.165) is 5.75 Å². The van der Waals surface area contributed by atoms with Crippen molar-refractivity contribution in [3.05, 3.63) is 22.4 Å². The molecule has 0 amide bonds. The zero-order chi connectivity index (χ0) is 10.4. The summed E-state index contributed by atoms with van der Waals surface area (Å²) in [5.74, 6) is 6.58. The Morgan fingerprint density at radius 1 is 1.64 bits per heavy atom. The first-order valence-corrected chi connectivity index (χ1v) is 6.87. The Labute approximate surface area is 94.2 Å². The monoisotopic (exact) mass is 230 g/mol. The van der Waals surface area contributed by atoms with Crippen molar-refractivity contribution in [2.75, 3.05) is 5.75 Å². The highest BCUT2D eigenvalue weighted by Gasteiger charge is 2.11. The van der Waals surface area contributed by atoms with Gasteiger partial charge in [-0.25, -0.2) is 0 Å². The topological polar surface area (TPSA) is 38.0 Å². The van der Waals surface area contributed by atoms with Crippen molar-refractivity contribution in [3.8, 4) is 0 Å². The smallest absolute Gasteiger partial charge is 0.0558 e. The van der Waals surface area contributed by atoms with E-state index in [4.69, 9.17) is 5.84 Å². The minimum absolute atomic E-state index is 0.292. The Morgan fingerprint density at radius 3 is 2.93 bits per heavy atom. The van der Waals surface area contributed by atoms with Crippen LogP contribution in [0.2, 0.25) is 0 Å². The fraction of sp³-hybridized carbons (Fsp3) is 0.600. The van der Waals surface area contributed by atoms with E-state index < -0.39 is 0 Å². The summed E-state index contributed by atoms with van der Waals surface area (Å²) >= 11 is 3.69. The molecule has 2 unspecified atom stereocenters. The van der Waals surface area contributed by atoms with Crippen LogP contribution in [0.3, 0.4) is 0 Å². The molecule has 0 saturated carbocycles. The maximum Gasteiger partial charge on any atom is 0.0558 e. The number of nitrogens with two attached hydrogens (primary N) is 1. The third-order valence-corrected chi connectivity index (χ3v) is 4.40. The minimum Gasteiger partial charge on any atom is -0.271 e. The largest absolute Gasteiger partial charge is 0.271 e. The Bertz CT molecular complexity index is 236. The first-order valence-electron chi connectivity index (χ1n) is 4.87. The quantitative estimate of drug-likeness (QED) is 0.583. The maximum absolute atomic E-state index is 5.53. The summed E-state index contributed by atoms with van der Waals surface area (Å²) in [6.45, 7) is 4.47. The second-order valence-electron chi connectivity index (χ2n) is 3.33. The number of hydrogen-bond acceptors (Lipinski definition) is 4. The minimum atomic E-state index is 0.292. The van der Waals surface area contributed by atoms with E-state index in [1.165, 1.54) is 12.0 Å². The van der Waals surface area contributed by atoms with Crippen molar-refractivity contribution in [2.24, 2.45) is 5.84 Å². The maximum atomic E-state index is 5.53. The summed E-state index contributed by atoms with van der Waals surface area (Å²) in [5.41, 5.74) is 4.17. The van der Waals surface area contributed by atoms with Crippen molar-refractivity contribution >= 4 is 23.1 Å². The van der Waals surface area contributed by atoms with Gasteiger partial charge in [0.25, 0.3) is 0 Å². The van der Waals surface area contributed by atoms with Gasteiger partial charge in [-0.15, -0.1) is 0 Å². The van der Waals surface area contributed by atoms with Gasteiger partial charge in [0.15, 0.2) is 0 Å². The summed E-state index contributed by atoms with van der Waals surface area (Å²) < 4.78 is 0. The number of thiophene rings is 1. The lowest BCUT2D eigenvalue weighted by Gasteiger charge is -2.16. The van der Waals surface area contributed by atoms with Crippen molar-refractivity contribution in [1.29, 1.82) is 0 Å². The van der Waals surface area contributed by atoms with Gasteiger partial charge in [0.1, 0.15) is 0 Å². The van der Waals surface area contributed by atoms with Gasteiger partial charge in [0, 0.05) is 11.0 Å². The van der Waals surface area contributed by atoms with Crippen LogP contribution in [-0.2, 0) is 0 Å². The molecule has 1 rings (SSSR count). The predicted molar refractivity (Wildman–Crippen MR) is 66.6 cm³/mol. The number of thioether (sulfide) groups is 1. The molecular weight excluding hydrogens is 212 g/mol. The molecule has 0 aliphatic carbocycles. The molecule has 0 spiro atoms. The molecule has 14 heavy (non-hydrogen) atoms. The summed E-state index contributed by atoms with van der Waals surface area (Å²) in [5, 5.41) is 4.96. The predicted octanol–water partition coefficient (Wildman–Crippen LogP) is 2.78. The highest BCUT2D eigenvalue weighted by atomic mass is 32.2. The molecule has 0 aromatic carbocycles. The van der Waals surface area contributed by atoms with Crippen molar-refractivity contribution < 1.29 is 0 Å². The molecule has 1 aromatic heterocycles. The molecule has 2 atom stereocenters. The van der Waals surface area contributed by atoms with Crippen molar-refractivity contribution in [1.82, 2.24) is 5.43 Å². The Kier molecular flexibility index (Phi) is 5.55. The Morgan fingerprint density at radius 2 is 2.43 bits per heavy atom. The normalized spacial score (nSPS) is 15.4. The number of hydrogen-bond donors (Lipinski definition) is 2. The van der Waals surface area contributed by atoms with E-state index in [2.05, 4.69) is 36.1 Å². The van der Waals surface area contributed by atoms with Crippen LogP contribution in [-0.4, -0.2) is 11.0 Å². The molecule has 2 nitrogen and oxygen atoms in total. The van der Waals surface area contributed by atoms with E-state index in [1.807, 2.05) is 11.8 Å². The van der Waals surface area contributed by atoms with Crippen LogP contribution in [0.15, 0.2) is 16.8 Å². The average Bonchev–Trinajstić information content (AvgIpc) is 2.72. The number of nitrogens with one attached hydrogen (secondary N) is 1. The van der Waals surface area contributed by atoms with Crippen molar-refractivity contribution in [3.63, 3.8) is 0 Å². The molecule has 0 aliphatic heterocycles. The van der Waals surface area contributed by atoms with Gasteiger partial charge in [0.05, 0.1) is 6.04 Å². The van der Waals surface area contributed by atoms with Gasteiger partial charge in [-0.2, -0.15) is 23.1 Å². The van der Waals surface area contributed by atoms with Gasteiger partial charge in [-0.3, -0.25) is 11.3 Å². The van der Waals surface area contributed by atoms with Gasteiger partial charge < -0.3 is 0 Å². The van der Waals surface area contributed by atoms with Crippen LogP contribution in [0.1, 0.15) is 31.9 Å². The Balaban J connectivity index is 2.40. The molecule has 0 radical (unpaired) electrons. The van der Waals surface area contributed by atoms with E-state index in [9.17, 15) is 0 Å². The second kappa shape index (κ2) is 6.45. The third kappa shape index (κ3) is 3.61. The molecular formula is C10H18N2S2. The highest BCUT2D eigenvalue weighted by Crippen LogP contribution is 2.23. The van der Waals surface area contributed by atoms with Crippen LogP contribution in [0.25, 0.3) is 0 Å². The second-order valence-corrected chi connectivity index (χ2v) is 5.58. The lowest BCUT2D eigenvalue weighted by molar-refractivity contribution is 0.611. The van der Waals surface area contributed by atoms with Crippen LogP contribution < -0.4 is 11.3 Å². The van der Waals surface area contributed by atoms with E-state index >= 15 is 0 Å². The van der Waals surface area contributed by atoms with Gasteiger partial charge in [0.2, 0.25) is 0 Å². The summed E-state index contributed by atoms with van der Waals surface area (Å²) in [4.78, 5) is 0. The molecule has 80 valence electrons. The fourth-order valence-corrected chi connectivity index (χ4v) is 2.85. The highest BCUT2D eigenvalue weighted by molar-refractivity contribution is 7.99. The van der Waals surface area contributed by atoms with Crippen LogP contribution in [0.4, 0.5) is 0 Å². The first kappa shape index (κ1) is 12.0. The zero-order valence-electron chi connectivity index (χ0n) is 8.69. The standard InChI is InChI=1S/C10H18N2S2/c1-3-8(2)14-7-10(12-11)9-4-5-13-6-9/h4-6,8,10,12H,3,7,11H2,1-2H3. The van der Waals surface area contributed by atoms with Crippen LogP contribution in [0, 0.1) is 0 Å². The van der Waals surface area contributed by atoms with Crippen LogP contribution in [0.5, 0.6) is 0 Å². The molecule has 0 aliphatic rings. The molecule has 3 N–H and O–H groups in total. The van der Waals surface area contributed by atoms with Gasteiger partial charge in [-0.1, -0.05) is 13.8 Å². The van der Waals surface area contributed by atoms with Crippen molar-refractivity contribution in [2.45, 2.75) is 31.6 Å². The van der Waals surface area contributed by atoms with Crippen LogP contribution >= 0.6 is 23.1 Å². The molecule has 0 saturated heterocycles. The SMILES string of the molecule is CCC(C)SCC(NN)c1ccsc1. The number of hydrazine groups is 1. The third-order valence-electron chi connectivity index (χ3n) is 2.27. The van der Waals surface area contributed by atoms with E-state index in [-0.39, 0.29) is 0 Å². The fourth-order valence-electron chi connectivity index (χ4n) is 1.09. The first-order chi connectivity index (χ1) is 6.77. The lowest BCUT2D eigenvalue weighted by Crippen LogP contribution is -2.29. The molecule has 1 heterocycles. The summed E-state index contributed by atoms with van der Waals surface area (Å²) in [6, 6.07) is 2.42. The molecule has 4 heteroatoms. The molecule has 1 aromatic rings. The van der Waals surface area contributed by atoms with Gasteiger partial charge >= 0.3 is 0 Å². The summed E-state index contributed by atoms with van der Waals surface area (Å²) in [7, 11) is 0. The zero-order valence-corrected chi connectivity index (χ0v) is 10.3. The van der Waals surface area contributed by atoms with Gasteiger partial charge in [-0.05, 0) is 28.8 Å². The lowest BCUT2D eigenvalue weighted by atomic mass is 10.2. The summed E-state index contributed by atoms with van der Waals surface area (Å²) in [6.07, 6.45) is 1.21.